The summed E-state index contributed by atoms with van der Waals surface area (Å²) in [5, 5.41) is 8.55. The molecule has 0 radical (unpaired) electrons. The fourth-order valence-corrected chi connectivity index (χ4v) is 3.31. The Bertz CT molecular complexity index is 984. The van der Waals surface area contributed by atoms with E-state index < -0.39 is 5.97 Å². The normalized spacial score (nSPS) is 10.5. The molecule has 0 atom stereocenters. The molecule has 0 fully saturated rings. The molecule has 1 heterocycles. The van der Waals surface area contributed by atoms with Crippen LogP contribution in [-0.2, 0) is 16.1 Å². The Balaban J connectivity index is 1.61. The van der Waals surface area contributed by atoms with Gasteiger partial charge in [-0.15, -0.1) is 22.0 Å². The molecule has 1 aromatic heterocycles. The van der Waals surface area contributed by atoms with Gasteiger partial charge in [0, 0.05) is 15.5 Å². The Kier molecular flexibility index (Phi) is 7.42. The van der Waals surface area contributed by atoms with Crippen LogP contribution in [0.3, 0.4) is 0 Å². The molecule has 0 N–H and O–H groups in total. The number of carbonyl (C=O) groups excluding carboxylic acids is 1. The van der Waals surface area contributed by atoms with Crippen molar-refractivity contribution in [3.8, 4) is 28.7 Å². The third kappa shape index (κ3) is 5.37. The van der Waals surface area contributed by atoms with Crippen LogP contribution in [0.25, 0.3) is 11.5 Å². The van der Waals surface area contributed by atoms with E-state index in [1.807, 2.05) is 12.1 Å². The van der Waals surface area contributed by atoms with Gasteiger partial charge in [0.25, 0.3) is 5.89 Å². The minimum atomic E-state index is -0.400. The largest absolute Gasteiger partial charge is 0.493 e. The van der Waals surface area contributed by atoms with Crippen molar-refractivity contribution in [2.75, 3.05) is 27.1 Å². The van der Waals surface area contributed by atoms with E-state index in [9.17, 15) is 4.79 Å². The number of ether oxygens (including phenoxy) is 4. The molecular formula is C20H19ClN2O6S. The predicted molar refractivity (Wildman–Crippen MR) is 111 cm³/mol. The van der Waals surface area contributed by atoms with Gasteiger partial charge in [-0.05, 0) is 36.4 Å². The summed E-state index contributed by atoms with van der Waals surface area (Å²) in [6.45, 7) is -0.128. The molecule has 0 aliphatic carbocycles. The smallest absolute Gasteiger partial charge is 0.316 e. The second kappa shape index (κ2) is 10.2. The molecule has 10 heteroatoms. The lowest BCUT2D eigenvalue weighted by molar-refractivity contribution is -0.142. The van der Waals surface area contributed by atoms with Gasteiger partial charge in [-0.2, -0.15) is 0 Å². The first-order chi connectivity index (χ1) is 14.5. The monoisotopic (exact) mass is 450 g/mol. The van der Waals surface area contributed by atoms with Crippen LogP contribution >= 0.6 is 23.4 Å². The van der Waals surface area contributed by atoms with Gasteiger partial charge >= 0.3 is 5.97 Å². The number of benzene rings is 2. The summed E-state index contributed by atoms with van der Waals surface area (Å²) < 4.78 is 26.7. The van der Waals surface area contributed by atoms with Gasteiger partial charge in [0.05, 0.1) is 27.1 Å². The lowest BCUT2D eigenvalue weighted by atomic mass is 10.2. The van der Waals surface area contributed by atoms with Crippen LogP contribution in [0, 0.1) is 0 Å². The zero-order chi connectivity index (χ0) is 21.5. The molecule has 2 aromatic carbocycles. The lowest BCUT2D eigenvalue weighted by Crippen LogP contribution is -2.07. The average Bonchev–Trinajstić information content (AvgIpc) is 3.25. The molecule has 3 rings (SSSR count). The van der Waals surface area contributed by atoms with Crippen molar-refractivity contribution in [2.24, 2.45) is 0 Å². The van der Waals surface area contributed by atoms with Crippen LogP contribution in [0.5, 0.6) is 17.2 Å². The Morgan fingerprint density at radius 1 is 1.03 bits per heavy atom. The van der Waals surface area contributed by atoms with Crippen LogP contribution in [0.2, 0.25) is 5.02 Å². The summed E-state index contributed by atoms with van der Waals surface area (Å²) in [7, 11) is 4.55. The van der Waals surface area contributed by atoms with E-state index in [1.54, 1.807) is 24.3 Å². The first kappa shape index (κ1) is 21.8. The summed E-state index contributed by atoms with van der Waals surface area (Å²) in [5.41, 5.74) is 0.577. The molecule has 0 bridgehead atoms. The van der Waals surface area contributed by atoms with E-state index >= 15 is 0 Å². The van der Waals surface area contributed by atoms with Crippen LogP contribution in [-0.4, -0.2) is 43.2 Å². The highest BCUT2D eigenvalue weighted by Crippen LogP contribution is 2.40. The SMILES string of the molecule is COc1cc(-c2nnc(COC(=O)CSc3ccc(Cl)cc3)o2)cc(OC)c1OC. The number of thioether (sulfide) groups is 1. The number of nitrogens with zero attached hydrogens (tertiary/aromatic N) is 2. The standard InChI is InChI=1S/C20H19ClN2O6S/c1-25-15-8-12(9-16(26-2)19(15)27-3)20-23-22-17(29-20)10-28-18(24)11-30-14-6-4-13(21)5-7-14/h4-9H,10-11H2,1-3H3. The first-order valence-corrected chi connectivity index (χ1v) is 10.1. The average molecular weight is 451 g/mol. The van der Waals surface area contributed by atoms with Gasteiger partial charge < -0.3 is 23.4 Å². The van der Waals surface area contributed by atoms with Gasteiger partial charge in [-0.3, -0.25) is 4.79 Å². The van der Waals surface area contributed by atoms with Crippen LogP contribution < -0.4 is 14.2 Å². The maximum absolute atomic E-state index is 12.0. The van der Waals surface area contributed by atoms with Crippen LogP contribution in [0.1, 0.15) is 5.89 Å². The highest BCUT2D eigenvalue weighted by Gasteiger charge is 2.18. The molecule has 8 nitrogen and oxygen atoms in total. The Labute approximate surface area is 182 Å². The zero-order valence-electron chi connectivity index (χ0n) is 16.5. The molecule has 0 saturated heterocycles. The van der Waals surface area contributed by atoms with E-state index in [2.05, 4.69) is 10.2 Å². The maximum atomic E-state index is 12.0. The molecule has 0 unspecified atom stereocenters. The van der Waals surface area contributed by atoms with Gasteiger partial charge in [0.2, 0.25) is 11.6 Å². The minimum Gasteiger partial charge on any atom is -0.493 e. The van der Waals surface area contributed by atoms with Crippen molar-refractivity contribution < 1.29 is 28.2 Å². The summed E-state index contributed by atoms with van der Waals surface area (Å²) in [5.74, 6) is 1.52. The molecule has 158 valence electrons. The van der Waals surface area contributed by atoms with Gasteiger partial charge in [0.15, 0.2) is 18.1 Å². The van der Waals surface area contributed by atoms with Gasteiger partial charge in [-0.25, -0.2) is 0 Å². The third-order valence-corrected chi connectivity index (χ3v) is 5.14. The summed E-state index contributed by atoms with van der Waals surface area (Å²) in [6.07, 6.45) is 0. The Morgan fingerprint density at radius 2 is 1.70 bits per heavy atom. The second-order valence-corrected chi connectivity index (χ2v) is 7.30. The molecule has 0 saturated carbocycles. The van der Waals surface area contributed by atoms with Crippen molar-refractivity contribution in [3.05, 3.63) is 47.3 Å². The molecule has 0 aliphatic rings. The van der Waals surface area contributed by atoms with E-state index in [0.29, 0.717) is 27.8 Å². The number of carbonyl (C=O) groups is 1. The highest BCUT2D eigenvalue weighted by molar-refractivity contribution is 8.00. The zero-order valence-corrected chi connectivity index (χ0v) is 18.1. The molecular weight excluding hydrogens is 432 g/mol. The topological polar surface area (TPSA) is 92.9 Å². The number of aromatic nitrogens is 2. The number of methoxy groups -OCH3 is 3. The fourth-order valence-electron chi connectivity index (χ4n) is 2.49. The quantitative estimate of drug-likeness (QED) is 0.350. The van der Waals surface area contributed by atoms with E-state index in [4.69, 9.17) is 35.0 Å². The van der Waals surface area contributed by atoms with Crippen LogP contribution in [0.15, 0.2) is 45.7 Å². The minimum absolute atomic E-state index is 0.128. The summed E-state index contributed by atoms with van der Waals surface area (Å²) in [4.78, 5) is 12.9. The maximum Gasteiger partial charge on any atom is 0.316 e. The summed E-state index contributed by atoms with van der Waals surface area (Å²) >= 11 is 7.19. The number of esters is 1. The van der Waals surface area contributed by atoms with Crippen molar-refractivity contribution in [1.82, 2.24) is 10.2 Å². The number of rotatable bonds is 9. The van der Waals surface area contributed by atoms with Gasteiger partial charge in [0.1, 0.15) is 0 Å². The molecule has 0 amide bonds. The number of hydrogen-bond donors (Lipinski definition) is 0. The number of halogens is 1. The molecule has 0 aliphatic heterocycles. The second-order valence-electron chi connectivity index (χ2n) is 5.82. The van der Waals surface area contributed by atoms with E-state index in [0.717, 1.165) is 4.90 Å². The van der Waals surface area contributed by atoms with Crippen molar-refractivity contribution in [1.29, 1.82) is 0 Å². The van der Waals surface area contributed by atoms with Crippen molar-refractivity contribution in [2.45, 2.75) is 11.5 Å². The highest BCUT2D eigenvalue weighted by atomic mass is 35.5. The van der Waals surface area contributed by atoms with Crippen molar-refractivity contribution in [3.63, 3.8) is 0 Å². The van der Waals surface area contributed by atoms with Gasteiger partial charge in [-0.1, -0.05) is 11.6 Å². The lowest BCUT2D eigenvalue weighted by Gasteiger charge is -2.12. The summed E-state index contributed by atoms with van der Waals surface area (Å²) in [6, 6.07) is 10.6. The number of hydrogen-bond acceptors (Lipinski definition) is 9. The Morgan fingerprint density at radius 3 is 2.30 bits per heavy atom. The molecule has 3 aromatic rings. The van der Waals surface area contributed by atoms with Crippen LogP contribution in [0.4, 0.5) is 0 Å². The third-order valence-electron chi connectivity index (χ3n) is 3.91. The molecule has 0 spiro atoms. The van der Waals surface area contributed by atoms with E-state index in [1.165, 1.54) is 33.1 Å². The van der Waals surface area contributed by atoms with E-state index in [-0.39, 0.29) is 24.1 Å². The molecule has 30 heavy (non-hydrogen) atoms. The Hall–Kier alpha value is -2.91. The first-order valence-electron chi connectivity index (χ1n) is 8.70. The predicted octanol–water partition coefficient (Wildman–Crippen LogP) is 4.25. The van der Waals surface area contributed by atoms with Crippen molar-refractivity contribution >= 4 is 29.3 Å². The fraction of sp³-hybridized carbons (Fsp3) is 0.250.